The summed E-state index contributed by atoms with van der Waals surface area (Å²) in [4.78, 5) is 13.2. The normalized spacial score (nSPS) is 13.9. The van der Waals surface area contributed by atoms with Crippen LogP contribution in [0.1, 0.15) is 21.7 Å². The number of nitrogens with zero attached hydrogens (tertiary/aromatic N) is 2. The first kappa shape index (κ1) is 21.1. The second kappa shape index (κ2) is 10.3. The molecule has 1 N–H and O–H groups in total. The molecule has 1 aromatic carbocycles. The first-order chi connectivity index (χ1) is 15.2. The van der Waals surface area contributed by atoms with Crippen molar-refractivity contribution >= 4 is 17.3 Å². The van der Waals surface area contributed by atoms with Gasteiger partial charge < -0.3 is 19.5 Å². The minimum absolute atomic E-state index is 0.0703. The van der Waals surface area contributed by atoms with Crippen LogP contribution in [-0.4, -0.2) is 42.2 Å². The van der Waals surface area contributed by atoms with Gasteiger partial charge in [-0.3, -0.25) is 4.68 Å². The molecule has 2 aromatic heterocycles. The Morgan fingerprint density at radius 1 is 1.26 bits per heavy atom. The maximum Gasteiger partial charge on any atom is 0.348 e. The fraction of sp³-hybridized carbons (Fsp3) is 0.304. The monoisotopic (exact) mass is 439 g/mol. The average Bonchev–Trinajstić information content (AvgIpc) is 3.57. The van der Waals surface area contributed by atoms with E-state index in [-0.39, 0.29) is 18.8 Å². The number of hydrogen-bond donors (Lipinski definition) is 1. The summed E-state index contributed by atoms with van der Waals surface area (Å²) >= 11 is 1.38. The van der Waals surface area contributed by atoms with Crippen molar-refractivity contribution in [2.75, 3.05) is 20.4 Å². The van der Waals surface area contributed by atoms with Gasteiger partial charge in [0.25, 0.3) is 0 Å². The molecular formula is C23H25N3O4S. The van der Waals surface area contributed by atoms with Crippen LogP contribution in [0.5, 0.6) is 0 Å². The summed E-state index contributed by atoms with van der Waals surface area (Å²) in [6.45, 7) is 1.88. The van der Waals surface area contributed by atoms with Crippen LogP contribution in [0.25, 0.3) is 10.6 Å². The molecule has 4 rings (SSSR count). The molecule has 0 bridgehead atoms. The third-order valence-corrected chi connectivity index (χ3v) is 6.05. The van der Waals surface area contributed by atoms with Crippen molar-refractivity contribution < 1.29 is 19.0 Å². The van der Waals surface area contributed by atoms with Gasteiger partial charge in [-0.1, -0.05) is 30.3 Å². The van der Waals surface area contributed by atoms with E-state index in [1.54, 1.807) is 12.3 Å². The zero-order valence-electron chi connectivity index (χ0n) is 17.3. The standard InChI is InChI=1S/C23H25N3O4S/c1-28-23(27)22-9-8-21(31-22)18-10-13-26(25-18)12-5-11-24-19(20-15-29-16-30-20)14-17-6-3-2-4-7-17/h2-4,6-10,13,15,19,24H,5,11-12,14,16H2,1H3. The fourth-order valence-electron chi connectivity index (χ4n) is 3.38. The highest BCUT2D eigenvalue weighted by atomic mass is 32.1. The number of esters is 1. The van der Waals surface area contributed by atoms with Crippen molar-refractivity contribution in [2.45, 2.75) is 25.4 Å². The summed E-state index contributed by atoms with van der Waals surface area (Å²) in [6.07, 6.45) is 5.41. The van der Waals surface area contributed by atoms with Crippen LogP contribution < -0.4 is 5.32 Å². The Balaban J connectivity index is 1.29. The fourth-order valence-corrected chi connectivity index (χ4v) is 4.27. The second-order valence-electron chi connectivity index (χ2n) is 7.12. The highest BCUT2D eigenvalue weighted by molar-refractivity contribution is 7.17. The van der Waals surface area contributed by atoms with E-state index >= 15 is 0 Å². The van der Waals surface area contributed by atoms with Crippen molar-refractivity contribution in [2.24, 2.45) is 0 Å². The second-order valence-corrected chi connectivity index (χ2v) is 8.20. The quantitative estimate of drug-likeness (QED) is 0.382. The molecule has 0 aliphatic carbocycles. The number of benzene rings is 1. The minimum Gasteiger partial charge on any atom is -0.465 e. The Bertz CT molecular complexity index is 1030. The molecule has 0 fully saturated rings. The summed E-state index contributed by atoms with van der Waals surface area (Å²) in [7, 11) is 1.39. The first-order valence-electron chi connectivity index (χ1n) is 10.2. The number of carbonyl (C=O) groups is 1. The molecule has 3 heterocycles. The van der Waals surface area contributed by atoms with Gasteiger partial charge in [0.05, 0.1) is 18.0 Å². The molecule has 31 heavy (non-hydrogen) atoms. The topological polar surface area (TPSA) is 74.6 Å². The summed E-state index contributed by atoms with van der Waals surface area (Å²) < 4.78 is 17.6. The molecule has 3 aromatic rings. The molecule has 0 saturated heterocycles. The molecule has 0 radical (unpaired) electrons. The Morgan fingerprint density at radius 2 is 2.13 bits per heavy atom. The lowest BCUT2D eigenvalue weighted by atomic mass is 10.0. The molecule has 162 valence electrons. The van der Waals surface area contributed by atoms with Crippen LogP contribution in [0.2, 0.25) is 0 Å². The molecule has 7 nitrogen and oxygen atoms in total. The number of methoxy groups -OCH3 is 1. The molecule has 1 aliphatic rings. The molecule has 0 spiro atoms. The van der Waals surface area contributed by atoms with Gasteiger partial charge >= 0.3 is 5.97 Å². The summed E-state index contributed by atoms with van der Waals surface area (Å²) in [6, 6.07) is 16.0. The van der Waals surface area contributed by atoms with Gasteiger partial charge in [0.1, 0.15) is 16.8 Å². The van der Waals surface area contributed by atoms with E-state index in [2.05, 4.69) is 22.5 Å². The van der Waals surface area contributed by atoms with Crippen molar-refractivity contribution in [3.05, 3.63) is 77.2 Å². The molecular weight excluding hydrogens is 414 g/mol. The van der Waals surface area contributed by atoms with E-state index in [0.717, 1.165) is 42.3 Å². The van der Waals surface area contributed by atoms with Crippen LogP contribution in [0, 0.1) is 0 Å². The van der Waals surface area contributed by atoms with E-state index < -0.39 is 0 Å². The van der Waals surface area contributed by atoms with Gasteiger partial charge in [0.15, 0.2) is 5.76 Å². The largest absolute Gasteiger partial charge is 0.465 e. The van der Waals surface area contributed by atoms with Crippen LogP contribution in [0.3, 0.4) is 0 Å². The Labute approximate surface area is 185 Å². The molecule has 1 aliphatic heterocycles. The lowest BCUT2D eigenvalue weighted by Crippen LogP contribution is -2.34. The number of nitrogens with one attached hydrogen (secondary N) is 1. The smallest absolute Gasteiger partial charge is 0.348 e. The summed E-state index contributed by atoms with van der Waals surface area (Å²) in [5, 5.41) is 8.21. The Kier molecular flexibility index (Phi) is 7.01. The number of aromatic nitrogens is 2. The Hall–Kier alpha value is -3.10. The maximum atomic E-state index is 11.6. The zero-order valence-corrected chi connectivity index (χ0v) is 18.1. The summed E-state index contributed by atoms with van der Waals surface area (Å²) in [5.74, 6) is 0.517. The van der Waals surface area contributed by atoms with Crippen molar-refractivity contribution in [3.8, 4) is 10.6 Å². The number of carbonyl (C=O) groups excluding carboxylic acids is 1. The molecule has 1 unspecified atom stereocenters. The van der Waals surface area contributed by atoms with Crippen molar-refractivity contribution in [1.82, 2.24) is 15.1 Å². The average molecular weight is 440 g/mol. The van der Waals surface area contributed by atoms with Gasteiger partial charge in [0, 0.05) is 12.7 Å². The molecule has 1 atom stereocenters. The predicted octanol–water partition coefficient (Wildman–Crippen LogP) is 3.83. The number of aryl methyl sites for hydroxylation is 1. The van der Waals surface area contributed by atoms with Crippen LogP contribution in [-0.2, 0) is 27.2 Å². The van der Waals surface area contributed by atoms with E-state index in [1.807, 2.05) is 41.2 Å². The molecule has 0 saturated carbocycles. The van der Waals surface area contributed by atoms with Crippen LogP contribution >= 0.6 is 11.3 Å². The Morgan fingerprint density at radius 3 is 2.90 bits per heavy atom. The van der Waals surface area contributed by atoms with Crippen LogP contribution in [0.15, 0.2) is 66.7 Å². The van der Waals surface area contributed by atoms with Gasteiger partial charge in [-0.15, -0.1) is 11.3 Å². The van der Waals surface area contributed by atoms with E-state index in [1.165, 1.54) is 24.0 Å². The van der Waals surface area contributed by atoms with Gasteiger partial charge in [-0.05, 0) is 43.1 Å². The number of rotatable bonds is 10. The third kappa shape index (κ3) is 5.53. The predicted molar refractivity (Wildman–Crippen MR) is 119 cm³/mol. The molecule has 0 amide bonds. The summed E-state index contributed by atoms with van der Waals surface area (Å²) in [5.41, 5.74) is 2.10. The van der Waals surface area contributed by atoms with Gasteiger partial charge in [-0.25, -0.2) is 4.79 Å². The van der Waals surface area contributed by atoms with E-state index in [9.17, 15) is 4.79 Å². The number of thiophene rings is 1. The minimum atomic E-state index is -0.321. The first-order valence-corrected chi connectivity index (χ1v) is 11.0. The number of ether oxygens (including phenoxy) is 3. The SMILES string of the molecule is COC(=O)c1ccc(-c2ccn(CCCNC(Cc3ccccc3)C3=COCO3)n2)s1. The van der Waals surface area contributed by atoms with Crippen molar-refractivity contribution in [1.29, 1.82) is 0 Å². The lowest BCUT2D eigenvalue weighted by molar-refractivity contribution is 0.0606. The zero-order chi connectivity index (χ0) is 21.5. The maximum absolute atomic E-state index is 11.6. The highest BCUT2D eigenvalue weighted by Gasteiger charge is 2.20. The number of hydrogen-bond acceptors (Lipinski definition) is 7. The third-order valence-electron chi connectivity index (χ3n) is 4.96. The van der Waals surface area contributed by atoms with Gasteiger partial charge in [-0.2, -0.15) is 5.10 Å². The van der Waals surface area contributed by atoms with Gasteiger partial charge in [0.2, 0.25) is 6.79 Å². The lowest BCUT2D eigenvalue weighted by Gasteiger charge is -2.18. The molecule has 8 heteroatoms. The highest BCUT2D eigenvalue weighted by Crippen LogP contribution is 2.27. The van der Waals surface area contributed by atoms with Crippen LogP contribution in [0.4, 0.5) is 0 Å². The van der Waals surface area contributed by atoms with E-state index in [4.69, 9.17) is 14.2 Å². The van der Waals surface area contributed by atoms with Crippen molar-refractivity contribution in [3.63, 3.8) is 0 Å². The van der Waals surface area contributed by atoms with E-state index in [0.29, 0.717) is 4.88 Å².